The number of hydrogen-bond acceptors (Lipinski definition) is 4. The standard InChI is InChI=1S/C13H14N4O/c1-8-2-7-11(14)13(16-8)17-10-5-3-9(4-6-10)12(15)18/h2-7H,14H2,1H3,(H2,15,18)(H,16,17). The summed E-state index contributed by atoms with van der Waals surface area (Å²) in [7, 11) is 0. The highest BCUT2D eigenvalue weighted by Gasteiger charge is 2.03. The Balaban J connectivity index is 2.23. The maximum atomic E-state index is 10.9. The predicted octanol–water partition coefficient (Wildman–Crippen LogP) is 1.81. The van der Waals surface area contributed by atoms with E-state index in [9.17, 15) is 4.79 Å². The maximum Gasteiger partial charge on any atom is 0.248 e. The van der Waals surface area contributed by atoms with Crippen LogP contribution in [-0.4, -0.2) is 10.9 Å². The van der Waals surface area contributed by atoms with Crippen LogP contribution in [0.3, 0.4) is 0 Å². The molecule has 0 radical (unpaired) electrons. The molecule has 5 N–H and O–H groups in total. The van der Waals surface area contributed by atoms with Crippen LogP contribution in [0, 0.1) is 6.92 Å². The number of pyridine rings is 1. The second kappa shape index (κ2) is 4.75. The van der Waals surface area contributed by atoms with Crippen LogP contribution in [0.1, 0.15) is 16.1 Å². The number of rotatable bonds is 3. The number of nitrogens with two attached hydrogens (primary N) is 2. The molecule has 5 heteroatoms. The molecule has 92 valence electrons. The first-order chi connectivity index (χ1) is 8.56. The summed E-state index contributed by atoms with van der Waals surface area (Å²) >= 11 is 0. The average Bonchev–Trinajstić information content (AvgIpc) is 2.34. The summed E-state index contributed by atoms with van der Waals surface area (Å²) in [5.41, 5.74) is 13.7. The molecule has 0 saturated heterocycles. The number of aryl methyl sites for hydroxylation is 1. The molecule has 0 fully saturated rings. The molecule has 5 nitrogen and oxygen atoms in total. The largest absolute Gasteiger partial charge is 0.396 e. The number of hydrogen-bond donors (Lipinski definition) is 3. The first kappa shape index (κ1) is 11.9. The van der Waals surface area contributed by atoms with Gasteiger partial charge in [0.25, 0.3) is 0 Å². The third-order valence-corrected chi connectivity index (χ3v) is 2.50. The van der Waals surface area contributed by atoms with E-state index < -0.39 is 5.91 Å². The number of anilines is 3. The number of primary amides is 1. The lowest BCUT2D eigenvalue weighted by Crippen LogP contribution is -2.10. The molecule has 0 unspecified atom stereocenters. The zero-order valence-electron chi connectivity index (χ0n) is 9.97. The van der Waals surface area contributed by atoms with Crippen LogP contribution in [0.2, 0.25) is 0 Å². The molecule has 1 amide bonds. The van der Waals surface area contributed by atoms with E-state index >= 15 is 0 Å². The van der Waals surface area contributed by atoms with Gasteiger partial charge in [0.1, 0.15) is 0 Å². The average molecular weight is 242 g/mol. The van der Waals surface area contributed by atoms with Gasteiger partial charge in [-0.05, 0) is 43.3 Å². The Kier molecular flexibility index (Phi) is 3.14. The fourth-order valence-electron chi connectivity index (χ4n) is 1.52. The van der Waals surface area contributed by atoms with Gasteiger partial charge in [-0.2, -0.15) is 0 Å². The van der Waals surface area contributed by atoms with Crippen molar-refractivity contribution >= 4 is 23.1 Å². The monoisotopic (exact) mass is 242 g/mol. The Morgan fingerprint density at radius 1 is 1.17 bits per heavy atom. The lowest BCUT2D eigenvalue weighted by molar-refractivity contribution is 0.100. The summed E-state index contributed by atoms with van der Waals surface area (Å²) in [5, 5.41) is 3.09. The van der Waals surface area contributed by atoms with Crippen molar-refractivity contribution in [2.75, 3.05) is 11.1 Å². The first-order valence-electron chi connectivity index (χ1n) is 5.46. The molecule has 0 saturated carbocycles. The van der Waals surface area contributed by atoms with E-state index in [4.69, 9.17) is 11.5 Å². The van der Waals surface area contributed by atoms with E-state index in [0.717, 1.165) is 11.4 Å². The van der Waals surface area contributed by atoms with Crippen molar-refractivity contribution in [3.05, 3.63) is 47.7 Å². The van der Waals surface area contributed by atoms with Gasteiger partial charge in [-0.15, -0.1) is 0 Å². The van der Waals surface area contributed by atoms with Gasteiger partial charge in [0.05, 0.1) is 5.69 Å². The second-order valence-electron chi connectivity index (χ2n) is 3.96. The molecule has 2 aromatic rings. The minimum atomic E-state index is -0.449. The highest BCUT2D eigenvalue weighted by molar-refractivity contribution is 5.93. The van der Waals surface area contributed by atoms with E-state index in [2.05, 4.69) is 10.3 Å². The lowest BCUT2D eigenvalue weighted by Gasteiger charge is -2.09. The molecule has 0 aliphatic heterocycles. The minimum absolute atomic E-state index is 0.449. The van der Waals surface area contributed by atoms with Crippen LogP contribution in [0.25, 0.3) is 0 Å². The van der Waals surface area contributed by atoms with Crippen LogP contribution >= 0.6 is 0 Å². The molecule has 0 bridgehead atoms. The van der Waals surface area contributed by atoms with E-state index in [1.54, 1.807) is 30.3 Å². The van der Waals surface area contributed by atoms with Crippen LogP contribution in [0.15, 0.2) is 36.4 Å². The molecular weight excluding hydrogens is 228 g/mol. The van der Waals surface area contributed by atoms with Gasteiger partial charge in [0.2, 0.25) is 5.91 Å². The maximum absolute atomic E-state index is 10.9. The molecule has 1 aromatic carbocycles. The van der Waals surface area contributed by atoms with Crippen molar-refractivity contribution in [1.82, 2.24) is 4.98 Å². The summed E-state index contributed by atoms with van der Waals surface area (Å²) in [6.07, 6.45) is 0. The smallest absolute Gasteiger partial charge is 0.248 e. The van der Waals surface area contributed by atoms with Crippen LogP contribution in [0.4, 0.5) is 17.2 Å². The predicted molar refractivity (Wildman–Crippen MR) is 71.6 cm³/mol. The SMILES string of the molecule is Cc1ccc(N)c(Nc2ccc(C(N)=O)cc2)n1. The fraction of sp³-hybridized carbons (Fsp3) is 0.0769. The van der Waals surface area contributed by atoms with E-state index in [1.807, 2.05) is 13.0 Å². The Labute approximate surface area is 105 Å². The van der Waals surface area contributed by atoms with Gasteiger partial charge in [-0.1, -0.05) is 0 Å². The summed E-state index contributed by atoms with van der Waals surface area (Å²) < 4.78 is 0. The highest BCUT2D eigenvalue weighted by Crippen LogP contribution is 2.21. The zero-order valence-corrected chi connectivity index (χ0v) is 9.97. The molecule has 1 heterocycles. The molecular formula is C13H14N4O. The molecule has 0 aliphatic carbocycles. The summed E-state index contributed by atoms with van der Waals surface area (Å²) in [6, 6.07) is 10.4. The molecule has 0 atom stereocenters. The second-order valence-corrected chi connectivity index (χ2v) is 3.96. The normalized spacial score (nSPS) is 10.1. The summed E-state index contributed by atoms with van der Waals surface area (Å²) in [5.74, 6) is 0.150. The van der Waals surface area contributed by atoms with Crippen LogP contribution < -0.4 is 16.8 Å². The Morgan fingerprint density at radius 2 is 1.83 bits per heavy atom. The zero-order chi connectivity index (χ0) is 13.1. The summed E-state index contributed by atoms with van der Waals surface area (Å²) in [4.78, 5) is 15.2. The van der Waals surface area contributed by atoms with Crippen LogP contribution in [-0.2, 0) is 0 Å². The number of nitrogen functional groups attached to an aromatic ring is 1. The molecule has 1 aromatic heterocycles. The molecule has 0 aliphatic rings. The third kappa shape index (κ3) is 2.57. The summed E-state index contributed by atoms with van der Waals surface area (Å²) in [6.45, 7) is 1.89. The Hall–Kier alpha value is -2.56. The fourth-order valence-corrected chi connectivity index (χ4v) is 1.52. The minimum Gasteiger partial charge on any atom is -0.396 e. The topological polar surface area (TPSA) is 94.0 Å². The van der Waals surface area contributed by atoms with E-state index in [-0.39, 0.29) is 0 Å². The number of amides is 1. The van der Waals surface area contributed by atoms with Gasteiger partial charge < -0.3 is 16.8 Å². The third-order valence-electron chi connectivity index (χ3n) is 2.50. The molecule has 0 spiro atoms. The lowest BCUT2D eigenvalue weighted by atomic mass is 10.2. The van der Waals surface area contributed by atoms with E-state index in [0.29, 0.717) is 17.1 Å². The van der Waals surface area contributed by atoms with Crippen molar-refractivity contribution < 1.29 is 4.79 Å². The van der Waals surface area contributed by atoms with Crippen molar-refractivity contribution in [3.8, 4) is 0 Å². The number of carbonyl (C=O) groups excluding carboxylic acids is 1. The van der Waals surface area contributed by atoms with Gasteiger partial charge in [-0.3, -0.25) is 4.79 Å². The van der Waals surface area contributed by atoms with Crippen molar-refractivity contribution in [3.63, 3.8) is 0 Å². The van der Waals surface area contributed by atoms with Gasteiger partial charge in [-0.25, -0.2) is 4.98 Å². The quantitative estimate of drug-likeness (QED) is 0.765. The number of benzene rings is 1. The highest BCUT2D eigenvalue weighted by atomic mass is 16.1. The van der Waals surface area contributed by atoms with Crippen LogP contribution in [0.5, 0.6) is 0 Å². The van der Waals surface area contributed by atoms with Crippen molar-refractivity contribution in [2.24, 2.45) is 5.73 Å². The van der Waals surface area contributed by atoms with Crippen molar-refractivity contribution in [1.29, 1.82) is 0 Å². The number of aromatic nitrogens is 1. The molecule has 2 rings (SSSR count). The van der Waals surface area contributed by atoms with Crippen molar-refractivity contribution in [2.45, 2.75) is 6.92 Å². The number of nitrogens with zero attached hydrogens (tertiary/aromatic N) is 1. The Bertz CT molecular complexity index is 578. The Morgan fingerprint density at radius 3 is 2.44 bits per heavy atom. The van der Waals surface area contributed by atoms with Gasteiger partial charge in [0, 0.05) is 16.9 Å². The molecule has 18 heavy (non-hydrogen) atoms. The van der Waals surface area contributed by atoms with Gasteiger partial charge in [0.15, 0.2) is 5.82 Å². The first-order valence-corrected chi connectivity index (χ1v) is 5.46. The van der Waals surface area contributed by atoms with E-state index in [1.165, 1.54) is 0 Å². The number of nitrogens with one attached hydrogen (secondary N) is 1. The van der Waals surface area contributed by atoms with Gasteiger partial charge >= 0.3 is 0 Å². The number of carbonyl (C=O) groups is 1.